The van der Waals surface area contributed by atoms with Crippen LogP contribution in [0.2, 0.25) is 0 Å². The Balaban J connectivity index is 0.00000484. The van der Waals surface area contributed by atoms with Crippen molar-refractivity contribution in [2.24, 2.45) is 0 Å². The largest absolute Gasteiger partial charge is 1.00 e. The first-order chi connectivity index (χ1) is 10.3. The molecule has 1 unspecified atom stereocenters. The fourth-order valence-electron chi connectivity index (χ4n) is 1.90. The first-order valence-electron chi connectivity index (χ1n) is 7.26. The van der Waals surface area contributed by atoms with Crippen molar-refractivity contribution in [2.45, 2.75) is 55.7 Å². The van der Waals surface area contributed by atoms with E-state index in [4.69, 9.17) is 16.3 Å². The molecular formula is C15H20ClNaO5S. The minimum absolute atomic E-state index is 0. The Morgan fingerprint density at radius 2 is 1.74 bits per heavy atom. The number of carbonyl (C=O) groups is 1. The van der Waals surface area contributed by atoms with E-state index in [2.05, 4.69) is 6.92 Å². The molecule has 0 aliphatic heterocycles. The first kappa shape index (κ1) is 22.9. The molecule has 0 fully saturated rings. The van der Waals surface area contributed by atoms with Crippen molar-refractivity contribution < 1.29 is 52.1 Å². The van der Waals surface area contributed by atoms with Gasteiger partial charge in [-0.1, -0.05) is 39.0 Å². The van der Waals surface area contributed by atoms with Gasteiger partial charge in [-0.15, -0.1) is 11.6 Å². The number of halogens is 1. The van der Waals surface area contributed by atoms with Gasteiger partial charge in [0.2, 0.25) is 0 Å². The van der Waals surface area contributed by atoms with Crippen molar-refractivity contribution in [3.8, 4) is 5.75 Å². The van der Waals surface area contributed by atoms with Crippen LogP contribution in [-0.2, 0) is 14.9 Å². The molecule has 124 valence electrons. The molecule has 0 aliphatic rings. The summed E-state index contributed by atoms with van der Waals surface area (Å²) in [7, 11) is -4.50. The SMILES string of the molecule is CCCCCCCC(Cl)C(=O)Oc1ccc(S(=O)(=O)[O-])cc1.[Na+]. The van der Waals surface area contributed by atoms with E-state index in [-0.39, 0.29) is 40.2 Å². The van der Waals surface area contributed by atoms with Crippen LogP contribution in [0.15, 0.2) is 29.2 Å². The van der Waals surface area contributed by atoms with Gasteiger partial charge in [0.15, 0.2) is 0 Å². The smallest absolute Gasteiger partial charge is 0.744 e. The molecule has 0 heterocycles. The number of esters is 1. The van der Waals surface area contributed by atoms with Crippen molar-refractivity contribution in [2.75, 3.05) is 0 Å². The molecule has 1 rings (SSSR count). The summed E-state index contributed by atoms with van der Waals surface area (Å²) in [5, 5.41) is -0.732. The number of benzene rings is 1. The molecule has 0 spiro atoms. The van der Waals surface area contributed by atoms with Crippen molar-refractivity contribution in [3.63, 3.8) is 0 Å². The molecule has 0 amide bonds. The van der Waals surface area contributed by atoms with E-state index in [1.54, 1.807) is 0 Å². The molecule has 0 bridgehead atoms. The van der Waals surface area contributed by atoms with Crippen LogP contribution in [0.4, 0.5) is 0 Å². The Labute approximate surface area is 164 Å². The van der Waals surface area contributed by atoms with Crippen LogP contribution in [0.1, 0.15) is 45.4 Å². The Morgan fingerprint density at radius 3 is 2.26 bits per heavy atom. The molecule has 1 atom stereocenters. The van der Waals surface area contributed by atoms with Crippen LogP contribution < -0.4 is 34.3 Å². The van der Waals surface area contributed by atoms with Gasteiger partial charge < -0.3 is 9.29 Å². The van der Waals surface area contributed by atoms with Gasteiger partial charge in [0.25, 0.3) is 0 Å². The minimum Gasteiger partial charge on any atom is -0.744 e. The molecular weight excluding hydrogens is 351 g/mol. The quantitative estimate of drug-likeness (QED) is 0.157. The summed E-state index contributed by atoms with van der Waals surface area (Å²) in [6, 6.07) is 4.71. The molecule has 0 aromatic heterocycles. The number of hydrogen-bond donors (Lipinski definition) is 0. The number of unbranched alkanes of at least 4 members (excludes halogenated alkanes) is 4. The molecule has 1 aromatic carbocycles. The summed E-state index contributed by atoms with van der Waals surface area (Å²) in [6.07, 6.45) is 5.88. The second-order valence-electron chi connectivity index (χ2n) is 5.02. The number of alkyl halides is 1. The summed E-state index contributed by atoms with van der Waals surface area (Å²) >= 11 is 5.98. The third kappa shape index (κ3) is 9.08. The fourth-order valence-corrected chi connectivity index (χ4v) is 2.57. The van der Waals surface area contributed by atoms with Gasteiger partial charge in [0, 0.05) is 0 Å². The fraction of sp³-hybridized carbons (Fsp3) is 0.533. The molecule has 0 N–H and O–H groups in total. The predicted octanol–water partition coefficient (Wildman–Crippen LogP) is 0.468. The van der Waals surface area contributed by atoms with Gasteiger partial charge in [-0.05, 0) is 30.7 Å². The van der Waals surface area contributed by atoms with Gasteiger partial charge in [-0.3, -0.25) is 4.79 Å². The normalized spacial score (nSPS) is 12.3. The maximum atomic E-state index is 11.8. The minimum atomic E-state index is -4.50. The predicted molar refractivity (Wildman–Crippen MR) is 83.1 cm³/mol. The Morgan fingerprint density at radius 1 is 1.17 bits per heavy atom. The summed E-state index contributed by atoms with van der Waals surface area (Å²) in [5.74, 6) is -0.413. The first-order valence-corrected chi connectivity index (χ1v) is 9.10. The topological polar surface area (TPSA) is 83.5 Å². The van der Waals surface area contributed by atoms with Crippen molar-refractivity contribution in [1.82, 2.24) is 0 Å². The average molecular weight is 371 g/mol. The zero-order valence-corrected chi connectivity index (χ0v) is 17.0. The average Bonchev–Trinajstić information content (AvgIpc) is 2.46. The van der Waals surface area contributed by atoms with Gasteiger partial charge in [-0.2, -0.15) is 0 Å². The van der Waals surface area contributed by atoms with Crippen LogP contribution in [-0.4, -0.2) is 24.3 Å². The van der Waals surface area contributed by atoms with E-state index < -0.39 is 21.5 Å². The third-order valence-corrected chi connectivity index (χ3v) is 4.39. The molecule has 5 nitrogen and oxygen atoms in total. The number of ether oxygens (including phenoxy) is 1. The zero-order valence-electron chi connectivity index (χ0n) is 13.5. The van der Waals surface area contributed by atoms with Gasteiger partial charge >= 0.3 is 35.5 Å². The van der Waals surface area contributed by atoms with Crippen LogP contribution in [0.5, 0.6) is 5.75 Å². The van der Waals surface area contributed by atoms with Gasteiger partial charge in [-0.25, -0.2) is 8.42 Å². The van der Waals surface area contributed by atoms with E-state index in [1.165, 1.54) is 18.6 Å². The maximum absolute atomic E-state index is 11.8. The zero-order chi connectivity index (χ0) is 16.6. The molecule has 0 saturated heterocycles. The monoisotopic (exact) mass is 370 g/mol. The third-order valence-electron chi connectivity index (χ3n) is 3.15. The van der Waals surface area contributed by atoms with Crippen molar-refractivity contribution >= 4 is 27.7 Å². The summed E-state index contributed by atoms with van der Waals surface area (Å²) < 4.78 is 37.4. The molecule has 0 saturated carbocycles. The number of carbonyl (C=O) groups excluding carboxylic acids is 1. The van der Waals surface area contributed by atoms with E-state index >= 15 is 0 Å². The van der Waals surface area contributed by atoms with Crippen molar-refractivity contribution in [3.05, 3.63) is 24.3 Å². The molecule has 1 aromatic rings. The van der Waals surface area contributed by atoms with Gasteiger partial charge in [0.1, 0.15) is 21.2 Å². The Hall–Kier alpha value is -0.110. The van der Waals surface area contributed by atoms with Crippen LogP contribution in [0.25, 0.3) is 0 Å². The Bertz CT molecular complexity index is 574. The summed E-state index contributed by atoms with van der Waals surface area (Å²) in [5.41, 5.74) is 0. The summed E-state index contributed by atoms with van der Waals surface area (Å²) in [6.45, 7) is 2.13. The van der Waals surface area contributed by atoms with E-state index in [9.17, 15) is 17.8 Å². The molecule has 0 aliphatic carbocycles. The van der Waals surface area contributed by atoms with Crippen LogP contribution in [0, 0.1) is 0 Å². The van der Waals surface area contributed by atoms with E-state index in [0.717, 1.165) is 37.8 Å². The standard InChI is InChI=1S/C15H21ClO5S.Na/c1-2-3-4-5-6-7-14(16)15(17)21-12-8-10-13(11-9-12)22(18,19)20;/h8-11,14H,2-7H2,1H3,(H,18,19,20);/q;+1/p-1. The number of rotatable bonds is 9. The van der Waals surface area contributed by atoms with Gasteiger partial charge in [0.05, 0.1) is 4.90 Å². The molecule has 0 radical (unpaired) electrons. The molecule has 23 heavy (non-hydrogen) atoms. The molecule has 8 heteroatoms. The Kier molecular flexibility index (Phi) is 11.4. The van der Waals surface area contributed by atoms with E-state index in [1.807, 2.05) is 0 Å². The number of hydrogen-bond acceptors (Lipinski definition) is 5. The van der Waals surface area contributed by atoms with Crippen molar-refractivity contribution in [1.29, 1.82) is 0 Å². The van der Waals surface area contributed by atoms with Crippen LogP contribution >= 0.6 is 11.6 Å². The summed E-state index contributed by atoms with van der Waals surface area (Å²) in [4.78, 5) is 11.4. The maximum Gasteiger partial charge on any atom is 1.00 e. The van der Waals surface area contributed by atoms with Crippen LogP contribution in [0.3, 0.4) is 0 Å². The van der Waals surface area contributed by atoms with E-state index in [0.29, 0.717) is 6.42 Å². The second kappa shape index (κ2) is 11.4. The second-order valence-corrected chi connectivity index (χ2v) is 6.92.